The SMILES string of the molecule is CCCCC(=O)N(CCCO)c1ccccc1C. The van der Waals surface area contributed by atoms with Gasteiger partial charge >= 0.3 is 0 Å². The van der Waals surface area contributed by atoms with Crippen LogP contribution in [0.3, 0.4) is 0 Å². The Bertz CT molecular complexity index is 377. The van der Waals surface area contributed by atoms with Gasteiger partial charge in [0.25, 0.3) is 0 Å². The van der Waals surface area contributed by atoms with Crippen LogP contribution in [0.5, 0.6) is 0 Å². The quantitative estimate of drug-likeness (QED) is 0.807. The number of para-hydroxylation sites is 1. The van der Waals surface area contributed by atoms with Crippen molar-refractivity contribution >= 4 is 11.6 Å². The number of nitrogens with zero attached hydrogens (tertiary/aromatic N) is 1. The van der Waals surface area contributed by atoms with E-state index < -0.39 is 0 Å². The van der Waals surface area contributed by atoms with E-state index in [1.54, 1.807) is 4.90 Å². The summed E-state index contributed by atoms with van der Waals surface area (Å²) >= 11 is 0. The van der Waals surface area contributed by atoms with Crippen LogP contribution in [0.4, 0.5) is 5.69 Å². The van der Waals surface area contributed by atoms with Gasteiger partial charge in [0.1, 0.15) is 0 Å². The highest BCUT2D eigenvalue weighted by Gasteiger charge is 2.16. The molecular formula is C15H23NO2. The predicted octanol–water partition coefficient (Wildman–Crippen LogP) is 2.90. The Morgan fingerprint density at radius 1 is 1.28 bits per heavy atom. The standard InChI is InChI=1S/C15H23NO2/c1-3-4-10-15(18)16(11-7-12-17)14-9-6-5-8-13(14)2/h5-6,8-9,17H,3-4,7,10-12H2,1-2H3. The molecule has 0 radical (unpaired) electrons. The Morgan fingerprint density at radius 3 is 2.61 bits per heavy atom. The minimum absolute atomic E-state index is 0.115. The minimum Gasteiger partial charge on any atom is -0.396 e. The largest absolute Gasteiger partial charge is 0.396 e. The van der Waals surface area contributed by atoms with Crippen LogP contribution >= 0.6 is 0 Å². The molecule has 0 aliphatic heterocycles. The Hall–Kier alpha value is -1.35. The third-order valence-corrected chi connectivity index (χ3v) is 2.99. The van der Waals surface area contributed by atoms with Crippen molar-refractivity contribution in [3.8, 4) is 0 Å². The van der Waals surface area contributed by atoms with Crippen LogP contribution in [-0.2, 0) is 4.79 Å². The van der Waals surface area contributed by atoms with Crippen LogP contribution < -0.4 is 4.90 Å². The molecule has 1 N–H and O–H groups in total. The Morgan fingerprint density at radius 2 is 2.00 bits per heavy atom. The molecule has 3 heteroatoms. The molecule has 0 saturated heterocycles. The summed E-state index contributed by atoms with van der Waals surface area (Å²) < 4.78 is 0. The van der Waals surface area contributed by atoms with Crippen molar-refractivity contribution in [3.05, 3.63) is 29.8 Å². The van der Waals surface area contributed by atoms with Crippen LogP contribution in [0.25, 0.3) is 0 Å². The molecule has 1 amide bonds. The van der Waals surface area contributed by atoms with Crippen LogP contribution in [0.1, 0.15) is 38.2 Å². The number of aryl methyl sites for hydroxylation is 1. The fraction of sp³-hybridized carbons (Fsp3) is 0.533. The van der Waals surface area contributed by atoms with Crippen molar-refractivity contribution in [3.63, 3.8) is 0 Å². The number of hydrogen-bond acceptors (Lipinski definition) is 2. The summed E-state index contributed by atoms with van der Waals surface area (Å²) in [5, 5.41) is 8.95. The lowest BCUT2D eigenvalue weighted by Crippen LogP contribution is -2.32. The van der Waals surface area contributed by atoms with E-state index in [0.717, 1.165) is 24.1 Å². The van der Waals surface area contributed by atoms with Crippen LogP contribution in [0.15, 0.2) is 24.3 Å². The average Bonchev–Trinajstić information content (AvgIpc) is 2.38. The van der Waals surface area contributed by atoms with Gasteiger partial charge in [-0.1, -0.05) is 31.5 Å². The molecule has 0 fully saturated rings. The van der Waals surface area contributed by atoms with Gasteiger partial charge in [-0.3, -0.25) is 4.79 Å². The fourth-order valence-electron chi connectivity index (χ4n) is 1.94. The maximum atomic E-state index is 12.2. The van der Waals surface area contributed by atoms with E-state index >= 15 is 0 Å². The number of benzene rings is 1. The molecule has 0 unspecified atom stereocenters. The van der Waals surface area contributed by atoms with E-state index in [1.165, 1.54) is 0 Å². The van der Waals surface area contributed by atoms with E-state index in [0.29, 0.717) is 19.4 Å². The summed E-state index contributed by atoms with van der Waals surface area (Å²) in [5.74, 6) is 0.152. The van der Waals surface area contributed by atoms with Crippen molar-refractivity contribution in [2.75, 3.05) is 18.1 Å². The summed E-state index contributed by atoms with van der Waals surface area (Å²) in [4.78, 5) is 14.0. The lowest BCUT2D eigenvalue weighted by atomic mass is 10.1. The summed E-state index contributed by atoms with van der Waals surface area (Å²) in [7, 11) is 0. The topological polar surface area (TPSA) is 40.5 Å². The van der Waals surface area contributed by atoms with Crippen molar-refractivity contribution < 1.29 is 9.90 Å². The first kappa shape index (κ1) is 14.7. The number of carbonyl (C=O) groups excluding carboxylic acids is 1. The molecule has 0 heterocycles. The summed E-state index contributed by atoms with van der Waals surface area (Å²) in [6.45, 7) is 4.79. The molecule has 1 aromatic carbocycles. The number of anilines is 1. The van der Waals surface area contributed by atoms with Crippen molar-refractivity contribution in [1.29, 1.82) is 0 Å². The fourth-order valence-corrected chi connectivity index (χ4v) is 1.94. The minimum atomic E-state index is 0.115. The van der Waals surface area contributed by atoms with E-state index in [1.807, 2.05) is 31.2 Å². The normalized spacial score (nSPS) is 10.4. The van der Waals surface area contributed by atoms with E-state index in [-0.39, 0.29) is 12.5 Å². The van der Waals surface area contributed by atoms with Gasteiger partial charge in [-0.15, -0.1) is 0 Å². The van der Waals surface area contributed by atoms with Gasteiger partial charge < -0.3 is 10.0 Å². The molecule has 0 aliphatic rings. The van der Waals surface area contributed by atoms with Gasteiger partial charge in [0.15, 0.2) is 0 Å². The predicted molar refractivity (Wildman–Crippen MR) is 74.8 cm³/mol. The number of carbonyl (C=O) groups is 1. The second-order valence-electron chi connectivity index (χ2n) is 4.51. The molecule has 0 spiro atoms. The lowest BCUT2D eigenvalue weighted by Gasteiger charge is -2.24. The summed E-state index contributed by atoms with van der Waals surface area (Å²) in [5.41, 5.74) is 2.06. The first-order valence-electron chi connectivity index (χ1n) is 6.67. The van der Waals surface area contributed by atoms with Gasteiger partial charge in [-0.05, 0) is 31.4 Å². The third-order valence-electron chi connectivity index (χ3n) is 2.99. The molecule has 100 valence electrons. The van der Waals surface area contributed by atoms with Gasteiger partial charge in [0, 0.05) is 25.3 Å². The smallest absolute Gasteiger partial charge is 0.226 e. The summed E-state index contributed by atoms with van der Waals surface area (Å²) in [6, 6.07) is 7.89. The van der Waals surface area contributed by atoms with E-state index in [9.17, 15) is 4.79 Å². The molecule has 18 heavy (non-hydrogen) atoms. The number of rotatable bonds is 7. The van der Waals surface area contributed by atoms with E-state index in [2.05, 4.69) is 6.92 Å². The Kier molecular flexibility index (Phi) is 6.44. The van der Waals surface area contributed by atoms with Gasteiger partial charge in [0.05, 0.1) is 0 Å². The lowest BCUT2D eigenvalue weighted by molar-refractivity contribution is -0.118. The van der Waals surface area contributed by atoms with Crippen molar-refractivity contribution in [1.82, 2.24) is 0 Å². The molecule has 0 saturated carbocycles. The number of hydrogen-bond donors (Lipinski definition) is 1. The van der Waals surface area contributed by atoms with Gasteiger partial charge in [-0.25, -0.2) is 0 Å². The third kappa shape index (κ3) is 4.15. The first-order valence-corrected chi connectivity index (χ1v) is 6.67. The zero-order chi connectivity index (χ0) is 13.4. The monoisotopic (exact) mass is 249 g/mol. The molecule has 0 aliphatic carbocycles. The first-order chi connectivity index (χ1) is 8.70. The number of unbranched alkanes of at least 4 members (excludes halogenated alkanes) is 1. The highest BCUT2D eigenvalue weighted by Crippen LogP contribution is 2.21. The highest BCUT2D eigenvalue weighted by molar-refractivity contribution is 5.94. The zero-order valence-electron chi connectivity index (χ0n) is 11.4. The zero-order valence-corrected chi connectivity index (χ0v) is 11.4. The number of amides is 1. The number of aliphatic hydroxyl groups excluding tert-OH is 1. The second kappa shape index (κ2) is 7.88. The van der Waals surface area contributed by atoms with E-state index in [4.69, 9.17) is 5.11 Å². The van der Waals surface area contributed by atoms with Gasteiger partial charge in [-0.2, -0.15) is 0 Å². The average molecular weight is 249 g/mol. The Labute approximate surface area is 109 Å². The molecule has 0 bridgehead atoms. The molecule has 0 atom stereocenters. The second-order valence-corrected chi connectivity index (χ2v) is 4.51. The molecule has 3 nitrogen and oxygen atoms in total. The maximum Gasteiger partial charge on any atom is 0.226 e. The maximum absolute atomic E-state index is 12.2. The number of aliphatic hydroxyl groups is 1. The molecule has 1 rings (SSSR count). The Balaban J connectivity index is 2.83. The van der Waals surface area contributed by atoms with Crippen LogP contribution in [0.2, 0.25) is 0 Å². The van der Waals surface area contributed by atoms with Gasteiger partial charge in [0.2, 0.25) is 5.91 Å². The summed E-state index contributed by atoms with van der Waals surface area (Å²) in [6.07, 6.45) is 3.14. The highest BCUT2D eigenvalue weighted by atomic mass is 16.3. The molecule has 1 aromatic rings. The molecular weight excluding hydrogens is 226 g/mol. The molecule has 0 aromatic heterocycles. The van der Waals surface area contributed by atoms with Crippen LogP contribution in [0, 0.1) is 6.92 Å². The van der Waals surface area contributed by atoms with Crippen molar-refractivity contribution in [2.24, 2.45) is 0 Å². The van der Waals surface area contributed by atoms with Crippen molar-refractivity contribution in [2.45, 2.75) is 39.5 Å². The van der Waals surface area contributed by atoms with Crippen LogP contribution in [-0.4, -0.2) is 24.2 Å².